The third-order valence-corrected chi connectivity index (χ3v) is 3.24. The first kappa shape index (κ1) is 11.7. The van der Waals surface area contributed by atoms with E-state index in [1.165, 1.54) is 5.57 Å². The van der Waals surface area contributed by atoms with E-state index in [4.69, 9.17) is 0 Å². The topological polar surface area (TPSA) is 15.3 Å². The number of halogens is 2. The Kier molecular flexibility index (Phi) is 4.07. The summed E-state index contributed by atoms with van der Waals surface area (Å²) in [5.41, 5.74) is 1.24. The molecule has 90 valence electrons. The van der Waals surface area contributed by atoms with Gasteiger partial charge < -0.3 is 5.32 Å². The van der Waals surface area contributed by atoms with Gasteiger partial charge >= 0.3 is 0 Å². The molecule has 0 aromatic carbocycles. The summed E-state index contributed by atoms with van der Waals surface area (Å²) < 4.78 is 25.1. The lowest BCUT2D eigenvalue weighted by Crippen LogP contribution is -2.51. The number of allylic oxidation sites excluding steroid dienone is 3. The van der Waals surface area contributed by atoms with Crippen molar-refractivity contribution in [2.45, 2.75) is 18.9 Å². The molecule has 0 aromatic rings. The number of hydrogen-bond donors (Lipinski definition) is 1. The van der Waals surface area contributed by atoms with Crippen molar-refractivity contribution in [3.8, 4) is 0 Å². The predicted molar refractivity (Wildman–Crippen MR) is 60.7 cm³/mol. The van der Waals surface area contributed by atoms with Crippen LogP contribution < -0.4 is 5.32 Å². The van der Waals surface area contributed by atoms with Crippen LogP contribution in [0.15, 0.2) is 23.6 Å². The van der Waals surface area contributed by atoms with Crippen molar-refractivity contribution in [2.75, 3.05) is 32.9 Å². The van der Waals surface area contributed by atoms with Gasteiger partial charge in [-0.05, 0) is 12.5 Å². The van der Waals surface area contributed by atoms with Crippen LogP contribution in [0.1, 0.15) is 12.8 Å². The average Bonchev–Trinajstić information content (AvgIpc) is 2.31. The van der Waals surface area contributed by atoms with E-state index in [2.05, 4.69) is 10.2 Å². The molecular weight excluding hydrogens is 210 g/mol. The third-order valence-electron chi connectivity index (χ3n) is 3.24. The molecule has 1 aliphatic heterocycles. The molecule has 4 heteroatoms. The molecule has 1 saturated heterocycles. The van der Waals surface area contributed by atoms with E-state index in [1.54, 1.807) is 6.08 Å². The van der Waals surface area contributed by atoms with Crippen molar-refractivity contribution >= 4 is 0 Å². The van der Waals surface area contributed by atoms with Crippen LogP contribution in [0.4, 0.5) is 8.78 Å². The van der Waals surface area contributed by atoms with Gasteiger partial charge in [-0.3, -0.25) is 4.90 Å². The van der Waals surface area contributed by atoms with Gasteiger partial charge in [-0.15, -0.1) is 0 Å². The Morgan fingerprint density at radius 3 is 2.94 bits per heavy atom. The van der Waals surface area contributed by atoms with Crippen molar-refractivity contribution in [3.63, 3.8) is 0 Å². The molecule has 1 unspecified atom stereocenters. The van der Waals surface area contributed by atoms with Crippen LogP contribution in [0, 0.1) is 0 Å². The lowest BCUT2D eigenvalue weighted by molar-refractivity contribution is 0.196. The second-order valence-corrected chi connectivity index (χ2v) is 4.35. The summed E-state index contributed by atoms with van der Waals surface area (Å²) in [6, 6.07) is 0.268. The number of nitrogens with one attached hydrogen (secondary N) is 1. The Balaban J connectivity index is 1.94. The number of rotatable bonds is 3. The second-order valence-electron chi connectivity index (χ2n) is 4.35. The minimum Gasteiger partial charge on any atom is -0.308 e. The third kappa shape index (κ3) is 2.89. The fourth-order valence-corrected chi connectivity index (χ4v) is 2.30. The van der Waals surface area contributed by atoms with Crippen LogP contribution in [0.2, 0.25) is 0 Å². The van der Waals surface area contributed by atoms with E-state index < -0.39 is 0 Å². The SMILES string of the molecule is FCCN1CCNC(C2=CC=C(F)CC2)C1. The van der Waals surface area contributed by atoms with Crippen LogP contribution in [0.5, 0.6) is 0 Å². The molecule has 1 fully saturated rings. The maximum absolute atomic E-state index is 12.9. The molecule has 1 heterocycles. The highest BCUT2D eigenvalue weighted by molar-refractivity contribution is 5.25. The first-order chi connectivity index (χ1) is 7.79. The van der Waals surface area contributed by atoms with Gasteiger partial charge in [0.15, 0.2) is 0 Å². The average molecular weight is 228 g/mol. The number of piperazine rings is 1. The minimum atomic E-state index is -0.291. The van der Waals surface area contributed by atoms with Crippen LogP contribution in [0.25, 0.3) is 0 Å². The monoisotopic (exact) mass is 228 g/mol. The van der Waals surface area contributed by atoms with E-state index in [0.29, 0.717) is 13.0 Å². The first-order valence-electron chi connectivity index (χ1n) is 5.86. The van der Waals surface area contributed by atoms with Gasteiger partial charge in [0.25, 0.3) is 0 Å². The molecular formula is C12H18F2N2. The standard InChI is InChI=1S/C12H18F2N2/c13-5-7-16-8-6-15-12(9-16)10-1-3-11(14)4-2-10/h1,3,12,15H,2,4-9H2. The number of hydrogen-bond acceptors (Lipinski definition) is 2. The van der Waals surface area contributed by atoms with Gasteiger partial charge in [0.1, 0.15) is 12.5 Å². The molecule has 0 bridgehead atoms. The van der Waals surface area contributed by atoms with E-state index >= 15 is 0 Å². The smallest absolute Gasteiger partial charge is 0.102 e. The van der Waals surface area contributed by atoms with Gasteiger partial charge in [-0.1, -0.05) is 11.6 Å². The van der Waals surface area contributed by atoms with Crippen molar-refractivity contribution < 1.29 is 8.78 Å². The van der Waals surface area contributed by atoms with E-state index in [9.17, 15) is 8.78 Å². The Labute approximate surface area is 95.0 Å². The zero-order valence-corrected chi connectivity index (χ0v) is 9.38. The van der Waals surface area contributed by atoms with Crippen molar-refractivity contribution in [2.24, 2.45) is 0 Å². The summed E-state index contributed by atoms with van der Waals surface area (Å²) in [5, 5.41) is 3.41. The maximum Gasteiger partial charge on any atom is 0.102 e. The van der Waals surface area contributed by atoms with E-state index in [-0.39, 0.29) is 18.5 Å². The number of alkyl halides is 1. The highest BCUT2D eigenvalue weighted by atomic mass is 19.1. The molecule has 0 spiro atoms. The van der Waals surface area contributed by atoms with Gasteiger partial charge in [-0.25, -0.2) is 8.78 Å². The molecule has 1 N–H and O–H groups in total. The Morgan fingerprint density at radius 1 is 1.38 bits per heavy atom. The van der Waals surface area contributed by atoms with Gasteiger partial charge in [0.05, 0.1) is 0 Å². The van der Waals surface area contributed by atoms with Crippen molar-refractivity contribution in [1.82, 2.24) is 10.2 Å². The highest BCUT2D eigenvalue weighted by Gasteiger charge is 2.22. The van der Waals surface area contributed by atoms with Gasteiger partial charge in [-0.2, -0.15) is 0 Å². The first-order valence-corrected chi connectivity index (χ1v) is 5.86. The predicted octanol–water partition coefficient (Wildman–Crippen LogP) is 1.80. The quantitative estimate of drug-likeness (QED) is 0.792. The zero-order valence-electron chi connectivity index (χ0n) is 9.38. The molecule has 1 aliphatic carbocycles. The van der Waals surface area contributed by atoms with E-state index in [0.717, 1.165) is 26.1 Å². The van der Waals surface area contributed by atoms with Gasteiger partial charge in [0, 0.05) is 38.6 Å². The largest absolute Gasteiger partial charge is 0.308 e. The summed E-state index contributed by atoms with van der Waals surface area (Å²) >= 11 is 0. The Hall–Kier alpha value is -0.740. The fraction of sp³-hybridized carbons (Fsp3) is 0.667. The minimum absolute atomic E-state index is 0.0415. The fourth-order valence-electron chi connectivity index (χ4n) is 2.30. The highest BCUT2D eigenvalue weighted by Crippen LogP contribution is 2.22. The summed E-state index contributed by atoms with van der Waals surface area (Å²) in [6.45, 7) is 2.84. The summed E-state index contributed by atoms with van der Waals surface area (Å²) in [7, 11) is 0. The van der Waals surface area contributed by atoms with Gasteiger partial charge in [0.2, 0.25) is 0 Å². The Bertz CT molecular complexity index is 297. The van der Waals surface area contributed by atoms with E-state index in [1.807, 2.05) is 6.08 Å². The van der Waals surface area contributed by atoms with Crippen LogP contribution in [-0.4, -0.2) is 43.8 Å². The van der Waals surface area contributed by atoms with Crippen molar-refractivity contribution in [1.29, 1.82) is 0 Å². The lowest BCUT2D eigenvalue weighted by atomic mass is 9.96. The Morgan fingerprint density at radius 2 is 2.25 bits per heavy atom. The summed E-state index contributed by atoms with van der Waals surface area (Å²) in [6.07, 6.45) is 4.71. The number of nitrogens with zero attached hydrogens (tertiary/aromatic N) is 1. The molecule has 2 nitrogen and oxygen atoms in total. The normalized spacial score (nSPS) is 27.5. The van der Waals surface area contributed by atoms with Crippen LogP contribution >= 0.6 is 0 Å². The molecule has 16 heavy (non-hydrogen) atoms. The lowest BCUT2D eigenvalue weighted by Gasteiger charge is -2.35. The molecule has 2 aliphatic rings. The molecule has 1 atom stereocenters. The summed E-state index contributed by atoms with van der Waals surface area (Å²) in [5.74, 6) is -0.0415. The van der Waals surface area contributed by atoms with Crippen molar-refractivity contribution in [3.05, 3.63) is 23.6 Å². The summed E-state index contributed by atoms with van der Waals surface area (Å²) in [4.78, 5) is 2.12. The van der Waals surface area contributed by atoms with Crippen LogP contribution in [-0.2, 0) is 0 Å². The molecule has 0 aromatic heterocycles. The molecule has 0 amide bonds. The van der Waals surface area contributed by atoms with Crippen LogP contribution in [0.3, 0.4) is 0 Å². The maximum atomic E-state index is 12.9. The zero-order chi connectivity index (χ0) is 11.4. The molecule has 0 radical (unpaired) electrons. The molecule has 2 rings (SSSR count). The molecule has 0 saturated carbocycles. The second kappa shape index (κ2) is 5.55.